The molecule has 0 saturated carbocycles. The van der Waals surface area contributed by atoms with E-state index >= 15 is 0 Å². The molecule has 0 radical (unpaired) electrons. The van der Waals surface area contributed by atoms with Crippen LogP contribution in [-0.4, -0.2) is 76.8 Å². The third-order valence-corrected chi connectivity index (χ3v) is 5.19. The first-order valence-corrected chi connectivity index (χ1v) is 11.3. The minimum atomic E-state index is -4.17. The summed E-state index contributed by atoms with van der Waals surface area (Å²) in [4.78, 5) is 12.3. The molecule has 2 saturated heterocycles. The highest BCUT2D eigenvalue weighted by Crippen LogP contribution is 2.31. The van der Waals surface area contributed by atoms with Gasteiger partial charge in [-0.2, -0.15) is 28.2 Å². The van der Waals surface area contributed by atoms with Crippen LogP contribution in [0, 0.1) is 0 Å². The molecule has 4 rings (SSSR count). The van der Waals surface area contributed by atoms with Crippen molar-refractivity contribution in [2.24, 2.45) is 0 Å². The smallest absolute Gasteiger partial charge is 0.378 e. The zero-order valence-electron chi connectivity index (χ0n) is 18.9. The van der Waals surface area contributed by atoms with E-state index in [0.29, 0.717) is 57.9 Å². The summed E-state index contributed by atoms with van der Waals surface area (Å²) >= 11 is 6.15. The number of halogens is 4. The first kappa shape index (κ1) is 26.3. The van der Waals surface area contributed by atoms with E-state index in [1.54, 1.807) is 17.0 Å². The second-order valence-electron chi connectivity index (χ2n) is 7.27. The lowest BCUT2D eigenvalue weighted by Crippen LogP contribution is -2.40. The molecular formula is C21H32ClF3N6O. The van der Waals surface area contributed by atoms with Gasteiger partial charge in [0.1, 0.15) is 5.82 Å². The summed E-state index contributed by atoms with van der Waals surface area (Å²) in [5.41, 5.74) is 0.630. The summed E-state index contributed by atoms with van der Waals surface area (Å²) in [6.07, 6.45) is 0.473. The van der Waals surface area contributed by atoms with E-state index in [-0.39, 0.29) is 11.3 Å². The van der Waals surface area contributed by atoms with Crippen LogP contribution in [0.1, 0.15) is 39.7 Å². The van der Waals surface area contributed by atoms with Crippen molar-refractivity contribution < 1.29 is 17.9 Å². The van der Waals surface area contributed by atoms with Crippen LogP contribution in [0.15, 0.2) is 18.9 Å². The van der Waals surface area contributed by atoms with E-state index in [0.717, 1.165) is 11.2 Å². The van der Waals surface area contributed by atoms with Crippen molar-refractivity contribution in [1.82, 2.24) is 24.6 Å². The van der Waals surface area contributed by atoms with E-state index in [1.165, 1.54) is 4.90 Å². The Labute approximate surface area is 192 Å². The quantitative estimate of drug-likeness (QED) is 0.471. The van der Waals surface area contributed by atoms with Gasteiger partial charge in [0, 0.05) is 26.2 Å². The number of piperidine rings is 1. The van der Waals surface area contributed by atoms with Crippen LogP contribution in [0.25, 0.3) is 11.0 Å². The predicted octanol–water partition coefficient (Wildman–Crippen LogP) is 4.73. The largest absolute Gasteiger partial charge is 0.401 e. The van der Waals surface area contributed by atoms with Gasteiger partial charge in [0.25, 0.3) is 0 Å². The molecule has 2 aliphatic rings. The molecule has 0 atom stereocenters. The van der Waals surface area contributed by atoms with Gasteiger partial charge < -0.3 is 9.64 Å². The Morgan fingerprint density at radius 2 is 1.75 bits per heavy atom. The van der Waals surface area contributed by atoms with E-state index in [9.17, 15) is 13.2 Å². The molecule has 180 valence electrons. The van der Waals surface area contributed by atoms with E-state index in [1.807, 2.05) is 20.8 Å². The third kappa shape index (κ3) is 7.05. The third-order valence-electron chi connectivity index (χ3n) is 5.02. The Balaban J connectivity index is 0.000000671. The van der Waals surface area contributed by atoms with Crippen molar-refractivity contribution in [3.8, 4) is 0 Å². The van der Waals surface area contributed by atoms with Crippen molar-refractivity contribution in [2.45, 2.75) is 45.8 Å². The van der Waals surface area contributed by atoms with Crippen LogP contribution in [0.4, 0.5) is 19.0 Å². The molecule has 2 aromatic heterocycles. The standard InChI is InChI=1S/C16H20ClF3N6O.C3H6.C2H6/c17-15-22-13(25-5-7-27-8-6-25)12-9-21-26(14(12)23-15)11-1-3-24(4-2-11)10-16(18,19)20;1-3-2;1-2/h9,11H,1-8,10H2;3H,1H2,2H3;1-2H3. The van der Waals surface area contributed by atoms with E-state index in [4.69, 9.17) is 16.3 Å². The molecule has 0 aliphatic carbocycles. The highest BCUT2D eigenvalue weighted by Gasteiger charge is 2.33. The number of anilines is 1. The lowest BCUT2D eigenvalue weighted by molar-refractivity contribution is -0.148. The number of allylic oxidation sites excluding steroid dienone is 1. The van der Waals surface area contributed by atoms with Gasteiger partial charge in [-0.25, -0.2) is 4.68 Å². The number of likely N-dealkylation sites (tertiary alicyclic amines) is 1. The SMILES string of the molecule is C=CC.CC.FC(F)(F)CN1CCC(n2ncc3c(N4CCOCC4)nc(Cl)nc32)CC1. The average Bonchev–Trinajstić information content (AvgIpc) is 3.19. The molecule has 7 nitrogen and oxygen atoms in total. The molecule has 0 amide bonds. The van der Waals surface area contributed by atoms with Gasteiger partial charge in [0.15, 0.2) is 5.65 Å². The Bertz CT molecular complexity index is 846. The van der Waals surface area contributed by atoms with Gasteiger partial charge in [0.2, 0.25) is 5.28 Å². The van der Waals surface area contributed by atoms with Crippen molar-refractivity contribution in [3.05, 3.63) is 24.1 Å². The molecule has 0 spiro atoms. The summed E-state index contributed by atoms with van der Waals surface area (Å²) in [7, 11) is 0. The molecule has 4 heterocycles. The second kappa shape index (κ2) is 12.4. The maximum absolute atomic E-state index is 12.6. The summed E-state index contributed by atoms with van der Waals surface area (Å²) < 4.78 is 44.9. The number of aromatic nitrogens is 4. The first-order valence-electron chi connectivity index (χ1n) is 10.9. The minimum Gasteiger partial charge on any atom is -0.378 e. The summed E-state index contributed by atoms with van der Waals surface area (Å²) in [6.45, 7) is 11.8. The topological polar surface area (TPSA) is 59.3 Å². The fourth-order valence-corrected chi connectivity index (χ4v) is 3.90. The van der Waals surface area contributed by atoms with Crippen molar-refractivity contribution >= 4 is 28.5 Å². The Morgan fingerprint density at radius 3 is 2.31 bits per heavy atom. The predicted molar refractivity (Wildman–Crippen MR) is 121 cm³/mol. The van der Waals surface area contributed by atoms with Gasteiger partial charge in [-0.15, -0.1) is 6.58 Å². The fraction of sp³-hybridized carbons (Fsp3) is 0.667. The molecule has 2 aliphatic heterocycles. The highest BCUT2D eigenvalue weighted by molar-refractivity contribution is 6.28. The van der Waals surface area contributed by atoms with Gasteiger partial charge >= 0.3 is 6.18 Å². The Hall–Kier alpha value is -1.91. The van der Waals surface area contributed by atoms with Crippen LogP contribution < -0.4 is 4.90 Å². The molecule has 11 heteroatoms. The lowest BCUT2D eigenvalue weighted by atomic mass is 10.1. The summed E-state index contributed by atoms with van der Waals surface area (Å²) in [5, 5.41) is 5.42. The molecule has 2 fully saturated rings. The molecule has 0 bridgehead atoms. The number of rotatable bonds is 3. The van der Waals surface area contributed by atoms with Crippen molar-refractivity contribution in [2.75, 3.05) is 50.8 Å². The molecule has 2 aromatic rings. The number of fused-ring (bicyclic) bond motifs is 1. The summed E-state index contributed by atoms with van der Waals surface area (Å²) in [6, 6.07) is -0.00418. The van der Waals surface area contributed by atoms with Gasteiger partial charge in [-0.1, -0.05) is 19.9 Å². The van der Waals surface area contributed by atoms with Gasteiger partial charge in [0.05, 0.1) is 37.4 Å². The monoisotopic (exact) mass is 476 g/mol. The van der Waals surface area contributed by atoms with Crippen LogP contribution >= 0.6 is 11.6 Å². The normalized spacial score (nSPS) is 17.9. The lowest BCUT2D eigenvalue weighted by Gasteiger charge is -2.32. The number of ether oxygens (including phenoxy) is 1. The average molecular weight is 477 g/mol. The van der Waals surface area contributed by atoms with Crippen molar-refractivity contribution in [3.63, 3.8) is 0 Å². The highest BCUT2D eigenvalue weighted by atomic mass is 35.5. The van der Waals surface area contributed by atoms with Crippen LogP contribution in [0.2, 0.25) is 5.28 Å². The minimum absolute atomic E-state index is 0.00418. The van der Waals surface area contributed by atoms with Gasteiger partial charge in [-0.05, 0) is 31.4 Å². The molecule has 0 N–H and O–H groups in total. The Kier molecular flexibility index (Phi) is 10.2. The van der Waals surface area contributed by atoms with Crippen LogP contribution in [0.5, 0.6) is 0 Å². The summed E-state index contributed by atoms with van der Waals surface area (Å²) in [5.74, 6) is 0.731. The first-order chi connectivity index (χ1) is 15.3. The maximum Gasteiger partial charge on any atom is 0.401 e. The van der Waals surface area contributed by atoms with E-state index in [2.05, 4.69) is 26.5 Å². The molecular weight excluding hydrogens is 445 g/mol. The van der Waals surface area contributed by atoms with Crippen LogP contribution in [-0.2, 0) is 4.74 Å². The van der Waals surface area contributed by atoms with Gasteiger partial charge in [-0.3, -0.25) is 4.90 Å². The number of nitrogens with zero attached hydrogens (tertiary/aromatic N) is 6. The number of morpholine rings is 1. The zero-order chi connectivity index (χ0) is 23.7. The van der Waals surface area contributed by atoms with Crippen molar-refractivity contribution in [1.29, 1.82) is 0 Å². The second-order valence-corrected chi connectivity index (χ2v) is 7.61. The fourth-order valence-electron chi connectivity index (χ4n) is 3.74. The maximum atomic E-state index is 12.6. The Morgan fingerprint density at radius 1 is 1.16 bits per heavy atom. The molecule has 0 aromatic carbocycles. The molecule has 0 unspecified atom stereocenters. The van der Waals surface area contributed by atoms with Crippen LogP contribution in [0.3, 0.4) is 0 Å². The zero-order valence-corrected chi connectivity index (χ0v) is 19.7. The number of hydrogen-bond donors (Lipinski definition) is 0. The number of alkyl halides is 3. The number of hydrogen-bond acceptors (Lipinski definition) is 6. The van der Waals surface area contributed by atoms with E-state index < -0.39 is 12.7 Å². The molecule has 32 heavy (non-hydrogen) atoms.